The maximum absolute atomic E-state index is 6.92. The predicted molar refractivity (Wildman–Crippen MR) is 274 cm³/mol. The van der Waals surface area contributed by atoms with Crippen molar-refractivity contribution in [3.8, 4) is 39.1 Å². The summed E-state index contributed by atoms with van der Waals surface area (Å²) in [4.78, 5) is 2.42. The highest BCUT2D eigenvalue weighted by Gasteiger charge is 2.23. The zero-order valence-corrected chi connectivity index (χ0v) is 35.4. The molecule has 3 heteroatoms. The van der Waals surface area contributed by atoms with E-state index < -0.39 is 0 Å². The van der Waals surface area contributed by atoms with Gasteiger partial charge in [-0.05, 0) is 111 Å². The van der Waals surface area contributed by atoms with Gasteiger partial charge in [-0.3, -0.25) is 0 Å². The topological polar surface area (TPSA) is 21.3 Å². The lowest BCUT2D eigenvalue weighted by Crippen LogP contribution is -2.10. The lowest BCUT2D eigenvalue weighted by Gasteiger charge is -2.27. The summed E-state index contributed by atoms with van der Waals surface area (Å²) in [6.07, 6.45) is 0. The van der Waals surface area contributed by atoms with E-state index >= 15 is 0 Å². The van der Waals surface area contributed by atoms with Gasteiger partial charge in [0.15, 0.2) is 0 Å². The molecule has 0 N–H and O–H groups in total. The van der Waals surface area contributed by atoms with Gasteiger partial charge in [0, 0.05) is 49.7 Å². The van der Waals surface area contributed by atoms with Crippen LogP contribution in [-0.4, -0.2) is 4.57 Å². The molecule has 0 aliphatic carbocycles. The van der Waals surface area contributed by atoms with Crippen molar-refractivity contribution in [2.75, 3.05) is 4.90 Å². The van der Waals surface area contributed by atoms with Crippen molar-refractivity contribution in [2.24, 2.45) is 0 Å². The predicted octanol–water partition coefficient (Wildman–Crippen LogP) is 17.5. The zero-order chi connectivity index (χ0) is 42.8. The molecule has 0 aliphatic rings. The Hall–Kier alpha value is -8.66. The van der Waals surface area contributed by atoms with Crippen molar-refractivity contribution in [2.45, 2.75) is 0 Å². The highest BCUT2D eigenvalue weighted by atomic mass is 16.3. The molecule has 0 saturated carbocycles. The standard InChI is InChI=1S/C62H40N2O/c1-2-16-41(17-3-1)44-19-14-21-47(36-44)63(48-22-15-20-45(37-48)46-35-34-43-33-32-42-18-4-5-23-50(42)55(43)38-46)49-39-56(62-57(40-49)54-27-9-13-31-61(54)65-62)53-26-8-12-30-60(53)64-58-28-10-6-24-51(58)52-25-7-11-29-59(52)64/h1-40H. The molecule has 11 aromatic carbocycles. The summed E-state index contributed by atoms with van der Waals surface area (Å²) in [5.41, 5.74) is 15.0. The number of hydrogen-bond acceptors (Lipinski definition) is 2. The van der Waals surface area contributed by atoms with Crippen LogP contribution in [0.5, 0.6) is 0 Å². The Kier molecular flexibility index (Phi) is 8.53. The molecular weight excluding hydrogens is 789 g/mol. The van der Waals surface area contributed by atoms with Crippen LogP contribution in [0.25, 0.3) is 104 Å². The largest absolute Gasteiger partial charge is 0.455 e. The molecule has 0 bridgehead atoms. The fourth-order valence-corrected chi connectivity index (χ4v) is 10.1. The zero-order valence-electron chi connectivity index (χ0n) is 35.4. The molecule has 0 amide bonds. The number of para-hydroxylation sites is 4. The first-order valence-electron chi connectivity index (χ1n) is 22.2. The lowest BCUT2D eigenvalue weighted by atomic mass is 9.96. The molecule has 0 radical (unpaired) electrons. The number of furan rings is 1. The Bertz CT molecular complexity index is 3920. The summed E-state index contributed by atoms with van der Waals surface area (Å²) >= 11 is 0. The Morgan fingerprint density at radius 1 is 0.308 bits per heavy atom. The van der Waals surface area contributed by atoms with E-state index in [0.29, 0.717) is 0 Å². The fraction of sp³-hybridized carbons (Fsp3) is 0. The van der Waals surface area contributed by atoms with Crippen molar-refractivity contribution in [1.82, 2.24) is 4.57 Å². The monoisotopic (exact) mass is 828 g/mol. The number of hydrogen-bond donors (Lipinski definition) is 0. The van der Waals surface area contributed by atoms with E-state index in [1.165, 1.54) is 43.4 Å². The van der Waals surface area contributed by atoms with Gasteiger partial charge in [-0.1, -0.05) is 176 Å². The van der Waals surface area contributed by atoms with Gasteiger partial charge in [-0.15, -0.1) is 0 Å². The number of anilines is 3. The molecule has 3 nitrogen and oxygen atoms in total. The van der Waals surface area contributed by atoms with Crippen LogP contribution in [-0.2, 0) is 0 Å². The fourth-order valence-electron chi connectivity index (χ4n) is 10.1. The van der Waals surface area contributed by atoms with Crippen molar-refractivity contribution < 1.29 is 4.42 Å². The van der Waals surface area contributed by atoms with Crippen LogP contribution in [0.15, 0.2) is 247 Å². The van der Waals surface area contributed by atoms with E-state index in [1.807, 2.05) is 0 Å². The summed E-state index contributed by atoms with van der Waals surface area (Å²) in [5, 5.41) is 9.58. The van der Waals surface area contributed by atoms with Crippen molar-refractivity contribution in [3.63, 3.8) is 0 Å². The second-order valence-corrected chi connectivity index (χ2v) is 16.9. The smallest absolute Gasteiger partial charge is 0.143 e. The molecule has 13 rings (SSSR count). The Labute approximate surface area is 376 Å². The minimum absolute atomic E-state index is 0.860. The third-order valence-corrected chi connectivity index (χ3v) is 13.1. The number of rotatable bonds is 7. The molecule has 0 spiro atoms. The average Bonchev–Trinajstić information content (AvgIpc) is 3.92. The van der Waals surface area contributed by atoms with Crippen LogP contribution in [0.2, 0.25) is 0 Å². The maximum atomic E-state index is 6.92. The van der Waals surface area contributed by atoms with E-state index in [-0.39, 0.29) is 0 Å². The summed E-state index contributed by atoms with van der Waals surface area (Å²) in [6, 6.07) is 87.8. The van der Waals surface area contributed by atoms with Gasteiger partial charge in [-0.2, -0.15) is 0 Å². The van der Waals surface area contributed by atoms with Crippen LogP contribution in [0, 0.1) is 0 Å². The highest BCUT2D eigenvalue weighted by molar-refractivity contribution is 6.14. The number of aromatic nitrogens is 1. The molecule has 2 aromatic heterocycles. The Morgan fingerprint density at radius 2 is 0.862 bits per heavy atom. The minimum Gasteiger partial charge on any atom is -0.455 e. The van der Waals surface area contributed by atoms with Crippen LogP contribution in [0.3, 0.4) is 0 Å². The molecule has 0 unspecified atom stereocenters. The molecule has 0 aliphatic heterocycles. The molecule has 0 saturated heterocycles. The molecule has 304 valence electrons. The van der Waals surface area contributed by atoms with Crippen LogP contribution in [0.1, 0.15) is 0 Å². The molecule has 2 heterocycles. The van der Waals surface area contributed by atoms with Gasteiger partial charge in [0.2, 0.25) is 0 Å². The van der Waals surface area contributed by atoms with Gasteiger partial charge in [0.1, 0.15) is 11.2 Å². The van der Waals surface area contributed by atoms with Gasteiger partial charge in [0.05, 0.1) is 16.7 Å². The third kappa shape index (κ3) is 6.12. The molecule has 0 atom stereocenters. The van der Waals surface area contributed by atoms with E-state index in [4.69, 9.17) is 4.42 Å². The second-order valence-electron chi connectivity index (χ2n) is 16.9. The average molecular weight is 829 g/mol. The van der Waals surface area contributed by atoms with E-state index in [9.17, 15) is 0 Å². The number of nitrogens with zero attached hydrogens (tertiary/aromatic N) is 2. The molecule has 0 fully saturated rings. The normalized spacial score (nSPS) is 11.7. The first-order valence-corrected chi connectivity index (χ1v) is 22.2. The second kappa shape index (κ2) is 15.0. The molecule has 65 heavy (non-hydrogen) atoms. The van der Waals surface area contributed by atoms with Crippen molar-refractivity contribution >= 4 is 82.4 Å². The Balaban J connectivity index is 1.07. The van der Waals surface area contributed by atoms with E-state index in [1.54, 1.807) is 0 Å². The van der Waals surface area contributed by atoms with Crippen LogP contribution < -0.4 is 4.90 Å². The first kappa shape index (κ1) is 36.9. The first-order chi connectivity index (χ1) is 32.2. The quantitative estimate of drug-likeness (QED) is 0.149. The summed E-state index contributed by atoms with van der Waals surface area (Å²) in [5.74, 6) is 0. The minimum atomic E-state index is 0.860. The van der Waals surface area contributed by atoms with Gasteiger partial charge in [-0.25, -0.2) is 0 Å². The van der Waals surface area contributed by atoms with Gasteiger partial charge >= 0.3 is 0 Å². The lowest BCUT2D eigenvalue weighted by molar-refractivity contribution is 0.670. The number of fused-ring (bicyclic) bond motifs is 9. The van der Waals surface area contributed by atoms with Crippen LogP contribution >= 0.6 is 0 Å². The van der Waals surface area contributed by atoms with Crippen molar-refractivity contribution in [1.29, 1.82) is 0 Å². The van der Waals surface area contributed by atoms with Crippen molar-refractivity contribution in [3.05, 3.63) is 243 Å². The van der Waals surface area contributed by atoms with Gasteiger partial charge < -0.3 is 13.9 Å². The van der Waals surface area contributed by atoms with Gasteiger partial charge in [0.25, 0.3) is 0 Å². The maximum Gasteiger partial charge on any atom is 0.143 e. The summed E-state index contributed by atoms with van der Waals surface area (Å²) < 4.78 is 9.34. The van der Waals surface area contributed by atoms with Crippen LogP contribution in [0.4, 0.5) is 17.1 Å². The molecule has 13 aromatic rings. The summed E-state index contributed by atoms with van der Waals surface area (Å²) in [6.45, 7) is 0. The van der Waals surface area contributed by atoms with E-state index in [2.05, 4.69) is 252 Å². The highest BCUT2D eigenvalue weighted by Crippen LogP contribution is 2.46. The summed E-state index contributed by atoms with van der Waals surface area (Å²) in [7, 11) is 0. The SMILES string of the molecule is c1ccc(-c2cccc(N(c3cccc(-c4ccc5ccc6ccccc6c5c4)c3)c3cc(-c4ccccc4-n4c5ccccc5c5ccccc54)c4oc5ccccc5c4c3)c2)cc1. The Morgan fingerprint density at radius 3 is 1.62 bits per heavy atom. The molecular formula is C62H40N2O. The number of benzene rings is 11. The third-order valence-electron chi connectivity index (χ3n) is 13.1. The van der Waals surface area contributed by atoms with E-state index in [0.717, 1.165) is 78.0 Å².